The van der Waals surface area contributed by atoms with Gasteiger partial charge >= 0.3 is 17.7 Å². The summed E-state index contributed by atoms with van der Waals surface area (Å²) in [5, 5.41) is 22.7. The Balaban J connectivity index is 2.95. The first kappa shape index (κ1) is 20.3. The molecular weight excluding hydrogens is 339 g/mol. The highest BCUT2D eigenvalue weighted by molar-refractivity contribution is 5.84. The van der Waals surface area contributed by atoms with E-state index in [-0.39, 0.29) is 0 Å². The average Bonchev–Trinajstić information content (AvgIpc) is 2.44. The van der Waals surface area contributed by atoms with Crippen LogP contribution >= 0.6 is 0 Å². The molecule has 25 heavy (non-hydrogen) atoms. The number of rotatable bonds is 5. The van der Waals surface area contributed by atoms with Crippen molar-refractivity contribution in [3.05, 3.63) is 34.1 Å². The van der Waals surface area contributed by atoms with Gasteiger partial charge in [0.1, 0.15) is 11.4 Å². The molecule has 2 atom stereocenters. The number of ether oxygens (including phenoxy) is 2. The fraction of sp³-hybridized carbons (Fsp3) is 0.467. The second kappa shape index (κ2) is 7.88. The molecule has 1 aromatic carbocycles. The molecule has 1 rings (SSSR count). The second-order valence-corrected chi connectivity index (χ2v) is 6.15. The molecule has 138 valence electrons. The van der Waals surface area contributed by atoms with E-state index in [4.69, 9.17) is 9.47 Å². The number of halogens is 1. The van der Waals surface area contributed by atoms with Crippen molar-refractivity contribution in [2.75, 3.05) is 0 Å². The van der Waals surface area contributed by atoms with Crippen LogP contribution in [-0.2, 0) is 9.53 Å². The molecular formula is C15H19FN2O7. The normalized spacial score (nSPS) is 13.5. The van der Waals surface area contributed by atoms with Crippen LogP contribution < -0.4 is 10.1 Å². The number of carbonyl (C=O) groups is 2. The molecule has 0 heterocycles. The summed E-state index contributed by atoms with van der Waals surface area (Å²) in [7, 11) is 0. The number of benzene rings is 1. The van der Waals surface area contributed by atoms with Crippen LogP contribution in [0.1, 0.15) is 27.7 Å². The minimum absolute atomic E-state index is 0.520. The Morgan fingerprint density at radius 1 is 1.36 bits per heavy atom. The number of nitrogens with zero attached hydrogens (tertiary/aromatic N) is 1. The predicted octanol–water partition coefficient (Wildman–Crippen LogP) is 1.91. The summed E-state index contributed by atoms with van der Waals surface area (Å²) in [5.74, 6) is -2.57. The summed E-state index contributed by atoms with van der Waals surface area (Å²) in [6, 6.07) is 0.813. The van der Waals surface area contributed by atoms with Crippen molar-refractivity contribution >= 4 is 17.7 Å². The molecule has 0 spiro atoms. The van der Waals surface area contributed by atoms with Gasteiger partial charge in [0.25, 0.3) is 0 Å². The lowest BCUT2D eigenvalue weighted by Gasteiger charge is -2.24. The summed E-state index contributed by atoms with van der Waals surface area (Å²) in [5.41, 5.74) is -1.61. The smallest absolute Gasteiger partial charge is 0.408 e. The van der Waals surface area contributed by atoms with Gasteiger partial charge in [-0.2, -0.15) is 0 Å². The predicted molar refractivity (Wildman–Crippen MR) is 83.5 cm³/mol. The van der Waals surface area contributed by atoms with Crippen LogP contribution in [0.25, 0.3) is 0 Å². The lowest BCUT2D eigenvalue weighted by atomic mass is 10.2. The number of esters is 1. The highest BCUT2D eigenvalue weighted by atomic mass is 19.1. The Morgan fingerprint density at radius 3 is 2.44 bits per heavy atom. The van der Waals surface area contributed by atoms with Gasteiger partial charge in [-0.3, -0.25) is 10.1 Å². The SMILES string of the molecule is C[C@H](O)[C@@H](NC(=O)OC(C)(C)C)C(=O)Oc1ccc(F)cc1[N+](=O)[O-]. The van der Waals surface area contributed by atoms with Gasteiger partial charge in [-0.15, -0.1) is 0 Å². The van der Waals surface area contributed by atoms with Crippen molar-refractivity contribution in [2.45, 2.75) is 45.4 Å². The molecule has 0 unspecified atom stereocenters. The first-order valence-electron chi connectivity index (χ1n) is 7.24. The van der Waals surface area contributed by atoms with Crippen LogP contribution in [0.4, 0.5) is 14.9 Å². The van der Waals surface area contributed by atoms with E-state index in [0.717, 1.165) is 12.1 Å². The van der Waals surface area contributed by atoms with Crippen LogP contribution in [0.15, 0.2) is 18.2 Å². The van der Waals surface area contributed by atoms with Gasteiger partial charge in [0.15, 0.2) is 6.04 Å². The maximum atomic E-state index is 13.1. The third-order valence-electron chi connectivity index (χ3n) is 2.74. The number of hydrogen-bond acceptors (Lipinski definition) is 7. The standard InChI is InChI=1S/C15H19FN2O7/c1-8(19)12(17-14(21)25-15(2,3)4)13(20)24-11-6-5-9(16)7-10(11)18(22)23/h5-8,12,19H,1-4H3,(H,17,21)/t8-,12+/m0/s1. The van der Waals surface area contributed by atoms with Crippen LogP contribution in [0.2, 0.25) is 0 Å². The van der Waals surface area contributed by atoms with Gasteiger partial charge < -0.3 is 19.9 Å². The zero-order chi connectivity index (χ0) is 19.4. The van der Waals surface area contributed by atoms with E-state index in [0.29, 0.717) is 6.07 Å². The van der Waals surface area contributed by atoms with Crippen molar-refractivity contribution < 1.29 is 33.5 Å². The zero-order valence-electron chi connectivity index (χ0n) is 14.1. The number of amides is 1. The van der Waals surface area contributed by atoms with Gasteiger partial charge in [0, 0.05) is 0 Å². The lowest BCUT2D eigenvalue weighted by molar-refractivity contribution is -0.385. The Morgan fingerprint density at radius 2 is 1.96 bits per heavy atom. The molecule has 0 aromatic heterocycles. The van der Waals surface area contributed by atoms with E-state index in [1.807, 2.05) is 0 Å². The third-order valence-corrected chi connectivity index (χ3v) is 2.74. The van der Waals surface area contributed by atoms with E-state index in [9.17, 15) is 29.2 Å². The van der Waals surface area contributed by atoms with E-state index in [1.54, 1.807) is 20.8 Å². The maximum absolute atomic E-state index is 13.1. The van der Waals surface area contributed by atoms with Crippen molar-refractivity contribution in [1.29, 1.82) is 0 Å². The number of nitrogens with one attached hydrogen (secondary N) is 1. The summed E-state index contributed by atoms with van der Waals surface area (Å²) < 4.78 is 22.9. The molecule has 0 aliphatic rings. The first-order valence-corrected chi connectivity index (χ1v) is 7.24. The average molecular weight is 358 g/mol. The Bertz CT molecular complexity index is 670. The molecule has 9 nitrogen and oxygen atoms in total. The molecule has 2 N–H and O–H groups in total. The topological polar surface area (TPSA) is 128 Å². The fourth-order valence-electron chi connectivity index (χ4n) is 1.70. The number of aliphatic hydroxyl groups is 1. The van der Waals surface area contributed by atoms with E-state index in [2.05, 4.69) is 5.32 Å². The molecule has 1 aromatic rings. The zero-order valence-corrected chi connectivity index (χ0v) is 14.1. The summed E-state index contributed by atoms with van der Waals surface area (Å²) in [4.78, 5) is 33.9. The van der Waals surface area contributed by atoms with Gasteiger partial charge in [0.2, 0.25) is 5.75 Å². The van der Waals surface area contributed by atoms with Crippen LogP contribution in [0.3, 0.4) is 0 Å². The molecule has 0 saturated carbocycles. The number of nitro benzene ring substituents is 1. The Labute approximate surface area is 142 Å². The number of hydrogen-bond donors (Lipinski definition) is 2. The number of nitro groups is 1. The third kappa shape index (κ3) is 6.34. The fourth-order valence-corrected chi connectivity index (χ4v) is 1.70. The lowest BCUT2D eigenvalue weighted by Crippen LogP contribution is -2.50. The van der Waals surface area contributed by atoms with Gasteiger partial charge in [0.05, 0.1) is 17.1 Å². The highest BCUT2D eigenvalue weighted by Crippen LogP contribution is 2.27. The maximum Gasteiger partial charge on any atom is 0.408 e. The second-order valence-electron chi connectivity index (χ2n) is 6.15. The largest absolute Gasteiger partial charge is 0.444 e. The van der Waals surface area contributed by atoms with E-state index < -0.39 is 52.0 Å². The molecule has 0 aliphatic carbocycles. The molecule has 0 radical (unpaired) electrons. The van der Waals surface area contributed by atoms with Gasteiger partial charge in [-0.25, -0.2) is 14.0 Å². The van der Waals surface area contributed by atoms with E-state index in [1.165, 1.54) is 6.92 Å². The molecule has 0 fully saturated rings. The minimum Gasteiger partial charge on any atom is -0.444 e. The first-order chi connectivity index (χ1) is 11.4. The minimum atomic E-state index is -1.54. The highest BCUT2D eigenvalue weighted by Gasteiger charge is 2.31. The summed E-state index contributed by atoms with van der Waals surface area (Å²) >= 11 is 0. The van der Waals surface area contributed by atoms with Crippen LogP contribution in [-0.4, -0.2) is 39.8 Å². The number of aliphatic hydroxyl groups excluding tert-OH is 1. The van der Waals surface area contributed by atoms with Crippen molar-refractivity contribution in [3.63, 3.8) is 0 Å². The molecule has 0 aliphatic heterocycles. The van der Waals surface area contributed by atoms with Crippen LogP contribution in [0, 0.1) is 15.9 Å². The van der Waals surface area contributed by atoms with Crippen molar-refractivity contribution in [2.24, 2.45) is 0 Å². The van der Waals surface area contributed by atoms with Gasteiger partial charge in [-0.05, 0) is 39.8 Å². The number of alkyl carbamates (subject to hydrolysis) is 1. The Kier molecular flexibility index (Phi) is 6.40. The molecule has 10 heteroatoms. The quantitative estimate of drug-likeness (QED) is 0.356. The summed E-state index contributed by atoms with van der Waals surface area (Å²) in [6.07, 6.45) is -2.36. The van der Waals surface area contributed by atoms with Crippen LogP contribution in [0.5, 0.6) is 5.75 Å². The van der Waals surface area contributed by atoms with Gasteiger partial charge in [-0.1, -0.05) is 0 Å². The molecule has 0 bridgehead atoms. The van der Waals surface area contributed by atoms with Crippen molar-refractivity contribution in [3.8, 4) is 5.75 Å². The Hall–Kier alpha value is -2.75. The molecule has 0 saturated heterocycles. The monoisotopic (exact) mass is 358 g/mol. The van der Waals surface area contributed by atoms with E-state index >= 15 is 0 Å². The summed E-state index contributed by atoms with van der Waals surface area (Å²) in [6.45, 7) is 6.01. The number of carbonyl (C=O) groups excluding carboxylic acids is 2. The van der Waals surface area contributed by atoms with Crippen molar-refractivity contribution in [1.82, 2.24) is 5.32 Å². The molecule has 1 amide bonds.